The summed E-state index contributed by atoms with van der Waals surface area (Å²) in [6, 6.07) is 3.96. The molecule has 0 aromatic carbocycles. The van der Waals surface area contributed by atoms with E-state index in [4.69, 9.17) is 9.97 Å². The number of likely N-dealkylation sites (tertiary alicyclic amines) is 1. The van der Waals surface area contributed by atoms with E-state index in [1.807, 2.05) is 17.0 Å². The standard InChI is InChI=1S/C19H24N6O/c1-2-8-25-12-14(9-17(25)26)22-19-15-5-7-21-11-16(15)23-18(24-19)13-4-3-6-20-10-13/h3-4,6,10,14,21H,2,5,7-9,11-12H2,1H3,(H,22,23,24)/t14-/m1/s1. The molecule has 0 spiro atoms. The Bertz CT molecular complexity index is 794. The molecule has 2 aliphatic heterocycles. The molecule has 7 nitrogen and oxygen atoms in total. The van der Waals surface area contributed by atoms with Crippen LogP contribution >= 0.6 is 0 Å². The highest BCUT2D eigenvalue weighted by Crippen LogP contribution is 2.26. The predicted octanol–water partition coefficient (Wildman–Crippen LogP) is 1.61. The number of pyridine rings is 1. The van der Waals surface area contributed by atoms with E-state index in [0.717, 1.165) is 61.7 Å². The monoisotopic (exact) mass is 352 g/mol. The minimum Gasteiger partial charge on any atom is -0.365 e. The average molecular weight is 352 g/mol. The van der Waals surface area contributed by atoms with Gasteiger partial charge in [0.15, 0.2) is 5.82 Å². The Morgan fingerprint density at radius 2 is 2.31 bits per heavy atom. The number of hydrogen-bond donors (Lipinski definition) is 2. The van der Waals surface area contributed by atoms with Gasteiger partial charge in [0.2, 0.25) is 5.91 Å². The van der Waals surface area contributed by atoms with Crippen LogP contribution < -0.4 is 10.6 Å². The highest BCUT2D eigenvalue weighted by molar-refractivity contribution is 5.80. The maximum absolute atomic E-state index is 12.2. The lowest BCUT2D eigenvalue weighted by Crippen LogP contribution is -2.31. The minimum absolute atomic E-state index is 0.102. The largest absolute Gasteiger partial charge is 0.365 e. The first-order valence-corrected chi connectivity index (χ1v) is 9.30. The molecular weight excluding hydrogens is 328 g/mol. The van der Waals surface area contributed by atoms with E-state index in [9.17, 15) is 4.79 Å². The van der Waals surface area contributed by atoms with E-state index in [0.29, 0.717) is 12.2 Å². The molecule has 0 unspecified atom stereocenters. The van der Waals surface area contributed by atoms with Crippen LogP contribution in [0.25, 0.3) is 11.4 Å². The van der Waals surface area contributed by atoms with Crippen LogP contribution in [-0.4, -0.2) is 51.4 Å². The molecule has 2 aliphatic rings. The zero-order valence-corrected chi connectivity index (χ0v) is 15.0. The summed E-state index contributed by atoms with van der Waals surface area (Å²) in [5.74, 6) is 1.77. The van der Waals surface area contributed by atoms with Crippen LogP contribution in [0.15, 0.2) is 24.5 Å². The lowest BCUT2D eigenvalue weighted by atomic mass is 10.1. The molecule has 136 valence electrons. The second-order valence-electron chi connectivity index (χ2n) is 6.87. The molecule has 4 rings (SSSR count). The summed E-state index contributed by atoms with van der Waals surface area (Å²) in [4.78, 5) is 27.8. The van der Waals surface area contributed by atoms with Crippen molar-refractivity contribution in [2.45, 2.75) is 38.8 Å². The van der Waals surface area contributed by atoms with Crippen molar-refractivity contribution < 1.29 is 4.79 Å². The molecule has 2 aromatic heterocycles. The van der Waals surface area contributed by atoms with E-state index in [2.05, 4.69) is 22.5 Å². The zero-order chi connectivity index (χ0) is 17.9. The molecule has 1 amide bonds. The number of rotatable bonds is 5. The van der Waals surface area contributed by atoms with Gasteiger partial charge in [-0.25, -0.2) is 9.97 Å². The van der Waals surface area contributed by atoms with Gasteiger partial charge in [0, 0.05) is 49.6 Å². The van der Waals surface area contributed by atoms with Crippen LogP contribution in [0.2, 0.25) is 0 Å². The average Bonchev–Trinajstić information content (AvgIpc) is 3.02. The summed E-state index contributed by atoms with van der Waals surface area (Å²) in [7, 11) is 0. The summed E-state index contributed by atoms with van der Waals surface area (Å²) < 4.78 is 0. The van der Waals surface area contributed by atoms with Gasteiger partial charge in [-0.3, -0.25) is 9.78 Å². The fraction of sp³-hybridized carbons (Fsp3) is 0.474. The number of anilines is 1. The Morgan fingerprint density at radius 1 is 1.38 bits per heavy atom. The maximum Gasteiger partial charge on any atom is 0.224 e. The topological polar surface area (TPSA) is 83.0 Å². The quantitative estimate of drug-likeness (QED) is 0.851. The number of amides is 1. The van der Waals surface area contributed by atoms with Crippen LogP contribution in [0.4, 0.5) is 5.82 Å². The molecule has 0 radical (unpaired) electrons. The van der Waals surface area contributed by atoms with Crippen LogP contribution in [-0.2, 0) is 17.8 Å². The molecule has 0 saturated carbocycles. The third kappa shape index (κ3) is 3.39. The molecular formula is C19H24N6O. The van der Waals surface area contributed by atoms with Crippen molar-refractivity contribution >= 4 is 11.7 Å². The van der Waals surface area contributed by atoms with Crippen molar-refractivity contribution in [3.8, 4) is 11.4 Å². The Hall–Kier alpha value is -2.54. The number of carbonyl (C=O) groups is 1. The van der Waals surface area contributed by atoms with Crippen LogP contribution in [0.1, 0.15) is 31.0 Å². The van der Waals surface area contributed by atoms with E-state index in [-0.39, 0.29) is 11.9 Å². The molecule has 4 heterocycles. The lowest BCUT2D eigenvalue weighted by molar-refractivity contribution is -0.127. The summed E-state index contributed by atoms with van der Waals surface area (Å²) in [5, 5.41) is 6.91. The molecule has 1 saturated heterocycles. The Labute approximate surface area is 153 Å². The molecule has 2 aromatic rings. The summed E-state index contributed by atoms with van der Waals surface area (Å²) in [5.41, 5.74) is 3.10. The third-order valence-electron chi connectivity index (χ3n) is 4.91. The number of nitrogens with zero attached hydrogens (tertiary/aromatic N) is 4. The van der Waals surface area contributed by atoms with Crippen molar-refractivity contribution in [2.75, 3.05) is 25.0 Å². The van der Waals surface area contributed by atoms with Gasteiger partial charge in [-0.1, -0.05) is 6.92 Å². The first-order valence-electron chi connectivity index (χ1n) is 9.30. The molecule has 1 fully saturated rings. The van der Waals surface area contributed by atoms with E-state index in [1.165, 1.54) is 0 Å². The van der Waals surface area contributed by atoms with E-state index < -0.39 is 0 Å². The van der Waals surface area contributed by atoms with Crippen molar-refractivity contribution in [1.82, 2.24) is 25.2 Å². The number of aromatic nitrogens is 3. The van der Waals surface area contributed by atoms with Gasteiger partial charge < -0.3 is 15.5 Å². The summed E-state index contributed by atoms with van der Waals surface area (Å²) >= 11 is 0. The van der Waals surface area contributed by atoms with Crippen LogP contribution in [0, 0.1) is 0 Å². The molecule has 0 aliphatic carbocycles. The van der Waals surface area contributed by atoms with Crippen LogP contribution in [0.5, 0.6) is 0 Å². The van der Waals surface area contributed by atoms with Gasteiger partial charge >= 0.3 is 0 Å². The summed E-state index contributed by atoms with van der Waals surface area (Å²) in [6.45, 7) is 5.33. The minimum atomic E-state index is 0.102. The summed E-state index contributed by atoms with van der Waals surface area (Å²) in [6.07, 6.45) is 5.93. The highest BCUT2D eigenvalue weighted by Gasteiger charge is 2.30. The van der Waals surface area contributed by atoms with Gasteiger partial charge in [-0.2, -0.15) is 0 Å². The second-order valence-corrected chi connectivity index (χ2v) is 6.87. The molecule has 1 atom stereocenters. The van der Waals surface area contributed by atoms with Crippen molar-refractivity contribution in [3.05, 3.63) is 35.8 Å². The van der Waals surface area contributed by atoms with Gasteiger partial charge in [0.25, 0.3) is 0 Å². The van der Waals surface area contributed by atoms with Gasteiger partial charge in [0.05, 0.1) is 11.7 Å². The highest BCUT2D eigenvalue weighted by atomic mass is 16.2. The first-order chi connectivity index (χ1) is 12.7. The second kappa shape index (κ2) is 7.37. The Balaban J connectivity index is 1.63. The third-order valence-corrected chi connectivity index (χ3v) is 4.91. The number of fused-ring (bicyclic) bond motifs is 1. The van der Waals surface area contributed by atoms with Crippen molar-refractivity contribution in [3.63, 3.8) is 0 Å². The smallest absolute Gasteiger partial charge is 0.224 e. The van der Waals surface area contributed by atoms with Gasteiger partial charge in [0.1, 0.15) is 5.82 Å². The van der Waals surface area contributed by atoms with Crippen LogP contribution in [0.3, 0.4) is 0 Å². The maximum atomic E-state index is 12.2. The number of nitrogens with one attached hydrogen (secondary N) is 2. The Kier molecular flexibility index (Phi) is 4.79. The van der Waals surface area contributed by atoms with Gasteiger partial charge in [-0.15, -0.1) is 0 Å². The molecule has 2 N–H and O–H groups in total. The molecule has 26 heavy (non-hydrogen) atoms. The fourth-order valence-corrected chi connectivity index (χ4v) is 3.65. The predicted molar refractivity (Wildman–Crippen MR) is 99.6 cm³/mol. The number of carbonyl (C=O) groups excluding carboxylic acids is 1. The zero-order valence-electron chi connectivity index (χ0n) is 15.0. The lowest BCUT2D eigenvalue weighted by Gasteiger charge is -2.23. The Morgan fingerprint density at radius 3 is 3.12 bits per heavy atom. The fourth-order valence-electron chi connectivity index (χ4n) is 3.65. The first kappa shape index (κ1) is 16.9. The van der Waals surface area contributed by atoms with Gasteiger partial charge in [-0.05, 0) is 31.5 Å². The van der Waals surface area contributed by atoms with Crippen molar-refractivity contribution in [1.29, 1.82) is 0 Å². The van der Waals surface area contributed by atoms with Crippen molar-refractivity contribution in [2.24, 2.45) is 0 Å². The molecule has 7 heteroatoms. The van der Waals surface area contributed by atoms with E-state index in [1.54, 1.807) is 12.4 Å². The normalized spacial score (nSPS) is 19.5. The SMILES string of the molecule is CCCN1C[C@H](Nc2nc(-c3cccnc3)nc3c2CCNC3)CC1=O. The number of hydrogen-bond acceptors (Lipinski definition) is 6. The van der Waals surface area contributed by atoms with E-state index >= 15 is 0 Å². The molecule has 0 bridgehead atoms.